The first-order valence-corrected chi connectivity index (χ1v) is 7.82. The lowest BCUT2D eigenvalue weighted by Crippen LogP contribution is -2.37. The number of rotatable bonds is 3. The van der Waals surface area contributed by atoms with Crippen LogP contribution in [-0.2, 0) is 15.0 Å². The number of aliphatic carboxylic acids is 1. The Morgan fingerprint density at radius 1 is 1.05 bits per heavy atom. The van der Waals surface area contributed by atoms with E-state index in [0.29, 0.717) is 18.6 Å². The molecule has 0 radical (unpaired) electrons. The molecule has 2 rings (SSSR count). The Morgan fingerprint density at radius 3 is 2.05 bits per heavy atom. The number of carboxylic acids is 1. The fraction of sp³-hybridized carbons (Fsp3) is 0.556. The van der Waals surface area contributed by atoms with Gasteiger partial charge in [0.25, 0.3) is 0 Å². The van der Waals surface area contributed by atoms with E-state index < -0.39 is 16.8 Å². The average molecular weight is 304 g/mol. The highest BCUT2D eigenvalue weighted by molar-refractivity contribution is 5.82. The van der Waals surface area contributed by atoms with Crippen molar-refractivity contribution >= 4 is 11.9 Å². The number of ether oxygens (including phenoxy) is 1. The lowest BCUT2D eigenvalue weighted by Gasteiger charge is -2.33. The minimum atomic E-state index is -0.787. The summed E-state index contributed by atoms with van der Waals surface area (Å²) in [5, 5.41) is 9.68. The van der Waals surface area contributed by atoms with E-state index in [9.17, 15) is 14.7 Å². The molecule has 0 aliphatic heterocycles. The highest BCUT2D eigenvalue weighted by Gasteiger charge is 2.41. The van der Waals surface area contributed by atoms with Gasteiger partial charge in [-0.2, -0.15) is 0 Å². The molecule has 0 aromatic heterocycles. The minimum absolute atomic E-state index is 0.300. The summed E-state index contributed by atoms with van der Waals surface area (Å²) in [4.78, 5) is 23.7. The minimum Gasteiger partial charge on any atom is -0.481 e. The van der Waals surface area contributed by atoms with Gasteiger partial charge in [-0.25, -0.2) is 0 Å². The zero-order valence-corrected chi connectivity index (χ0v) is 13.5. The van der Waals surface area contributed by atoms with Gasteiger partial charge < -0.3 is 9.84 Å². The van der Waals surface area contributed by atoms with Crippen molar-refractivity contribution in [1.29, 1.82) is 0 Å². The highest BCUT2D eigenvalue weighted by Crippen LogP contribution is 2.40. The molecular weight excluding hydrogens is 280 g/mol. The van der Waals surface area contributed by atoms with Crippen LogP contribution in [0.25, 0.3) is 0 Å². The van der Waals surface area contributed by atoms with Gasteiger partial charge in [-0.3, -0.25) is 9.59 Å². The second kappa shape index (κ2) is 6.11. The Bertz CT molecular complexity index is 545. The molecular formula is C18H24O4. The van der Waals surface area contributed by atoms with Gasteiger partial charge >= 0.3 is 11.9 Å². The molecule has 22 heavy (non-hydrogen) atoms. The van der Waals surface area contributed by atoms with Crippen LogP contribution < -0.4 is 4.74 Å². The molecule has 0 bridgehead atoms. The van der Waals surface area contributed by atoms with E-state index >= 15 is 0 Å². The van der Waals surface area contributed by atoms with Crippen molar-refractivity contribution in [2.45, 2.75) is 58.3 Å². The molecule has 0 atom stereocenters. The molecule has 0 unspecified atom stereocenters. The number of esters is 1. The van der Waals surface area contributed by atoms with E-state index in [1.165, 1.54) is 0 Å². The van der Waals surface area contributed by atoms with E-state index in [1.807, 2.05) is 0 Å². The quantitative estimate of drug-likeness (QED) is 0.679. The molecule has 1 aromatic rings. The second-order valence-corrected chi connectivity index (χ2v) is 7.11. The van der Waals surface area contributed by atoms with Gasteiger partial charge in [-0.15, -0.1) is 0 Å². The highest BCUT2D eigenvalue weighted by atomic mass is 16.5. The topological polar surface area (TPSA) is 63.6 Å². The van der Waals surface area contributed by atoms with Crippen LogP contribution in [0.4, 0.5) is 0 Å². The van der Waals surface area contributed by atoms with Gasteiger partial charge in [0.15, 0.2) is 0 Å². The van der Waals surface area contributed by atoms with E-state index in [2.05, 4.69) is 0 Å². The monoisotopic (exact) mass is 304 g/mol. The lowest BCUT2D eigenvalue weighted by molar-refractivity contribution is -0.145. The summed E-state index contributed by atoms with van der Waals surface area (Å²) in [6.07, 6.45) is 4.31. The third-order valence-electron chi connectivity index (χ3n) is 4.35. The molecule has 1 aromatic carbocycles. The number of hydrogen-bond acceptors (Lipinski definition) is 3. The number of benzene rings is 1. The Kier molecular flexibility index (Phi) is 4.59. The molecule has 120 valence electrons. The predicted octanol–water partition coefficient (Wildman–Crippen LogP) is 3.92. The summed E-state index contributed by atoms with van der Waals surface area (Å²) in [5.74, 6) is -0.600. The molecule has 0 amide bonds. The molecule has 1 N–H and O–H groups in total. The first kappa shape index (κ1) is 16.5. The van der Waals surface area contributed by atoms with Crippen molar-refractivity contribution in [2.24, 2.45) is 5.41 Å². The van der Waals surface area contributed by atoms with Crippen molar-refractivity contribution in [1.82, 2.24) is 0 Å². The van der Waals surface area contributed by atoms with Crippen LogP contribution in [0, 0.1) is 5.41 Å². The fourth-order valence-electron chi connectivity index (χ4n) is 2.88. The molecule has 4 heteroatoms. The van der Waals surface area contributed by atoms with Crippen molar-refractivity contribution in [2.75, 3.05) is 0 Å². The SMILES string of the molecule is CC(C)(C)C(=O)Oc1ccc(C2(C(=O)O)CCCCC2)cc1. The maximum atomic E-state index is 11.9. The summed E-state index contributed by atoms with van der Waals surface area (Å²) in [6.45, 7) is 5.39. The van der Waals surface area contributed by atoms with Crippen LogP contribution in [0.15, 0.2) is 24.3 Å². The summed E-state index contributed by atoms with van der Waals surface area (Å²) in [6, 6.07) is 6.95. The fourth-order valence-corrected chi connectivity index (χ4v) is 2.88. The molecule has 0 heterocycles. The van der Waals surface area contributed by atoms with Crippen LogP contribution >= 0.6 is 0 Å². The van der Waals surface area contributed by atoms with Crippen molar-refractivity contribution < 1.29 is 19.4 Å². The average Bonchev–Trinajstić information content (AvgIpc) is 2.47. The van der Waals surface area contributed by atoms with Crippen LogP contribution in [0.2, 0.25) is 0 Å². The van der Waals surface area contributed by atoms with Crippen molar-refractivity contribution in [3.63, 3.8) is 0 Å². The molecule has 1 saturated carbocycles. The van der Waals surface area contributed by atoms with Crippen LogP contribution in [0.5, 0.6) is 5.75 Å². The normalized spacial score (nSPS) is 17.8. The summed E-state index contributed by atoms with van der Waals surface area (Å²) >= 11 is 0. The number of carbonyl (C=O) groups excluding carboxylic acids is 1. The number of carbonyl (C=O) groups is 2. The second-order valence-electron chi connectivity index (χ2n) is 7.11. The Balaban J connectivity index is 2.20. The molecule has 1 aliphatic carbocycles. The number of hydrogen-bond donors (Lipinski definition) is 1. The van der Waals surface area contributed by atoms with Gasteiger partial charge in [0.05, 0.1) is 10.8 Å². The van der Waals surface area contributed by atoms with Crippen LogP contribution in [0.3, 0.4) is 0 Å². The first-order valence-electron chi connectivity index (χ1n) is 7.82. The van der Waals surface area contributed by atoms with E-state index in [1.54, 1.807) is 45.0 Å². The van der Waals surface area contributed by atoms with Gasteiger partial charge in [-0.1, -0.05) is 31.4 Å². The van der Waals surface area contributed by atoms with Gasteiger partial charge in [0, 0.05) is 0 Å². The van der Waals surface area contributed by atoms with Crippen molar-refractivity contribution in [3.8, 4) is 5.75 Å². The van der Waals surface area contributed by atoms with Crippen LogP contribution in [0.1, 0.15) is 58.4 Å². The Labute approximate surface area is 131 Å². The standard InChI is InChI=1S/C18H24O4/c1-17(2,3)16(21)22-14-9-7-13(8-10-14)18(15(19)20)11-5-4-6-12-18/h7-10H,4-6,11-12H2,1-3H3,(H,19,20). The molecule has 0 saturated heterocycles. The lowest BCUT2D eigenvalue weighted by atomic mass is 9.69. The van der Waals surface area contributed by atoms with Gasteiger partial charge in [-0.05, 0) is 51.3 Å². The molecule has 1 fully saturated rings. The van der Waals surface area contributed by atoms with E-state index in [4.69, 9.17) is 4.74 Å². The maximum absolute atomic E-state index is 11.9. The summed E-state index contributed by atoms with van der Waals surface area (Å²) < 4.78 is 5.33. The molecule has 4 nitrogen and oxygen atoms in total. The first-order chi connectivity index (χ1) is 10.3. The van der Waals surface area contributed by atoms with Crippen molar-refractivity contribution in [3.05, 3.63) is 29.8 Å². The predicted molar refractivity (Wildman–Crippen MR) is 83.9 cm³/mol. The van der Waals surface area contributed by atoms with E-state index in [0.717, 1.165) is 24.8 Å². The Morgan fingerprint density at radius 2 is 1.59 bits per heavy atom. The third kappa shape index (κ3) is 3.32. The zero-order valence-electron chi connectivity index (χ0n) is 13.5. The zero-order chi connectivity index (χ0) is 16.4. The van der Waals surface area contributed by atoms with Crippen LogP contribution in [-0.4, -0.2) is 17.0 Å². The summed E-state index contributed by atoms with van der Waals surface area (Å²) in [7, 11) is 0. The third-order valence-corrected chi connectivity index (χ3v) is 4.35. The Hall–Kier alpha value is -1.84. The van der Waals surface area contributed by atoms with E-state index in [-0.39, 0.29) is 5.97 Å². The molecule has 1 aliphatic rings. The largest absolute Gasteiger partial charge is 0.481 e. The molecule has 0 spiro atoms. The maximum Gasteiger partial charge on any atom is 0.316 e. The van der Waals surface area contributed by atoms with Gasteiger partial charge in [0.1, 0.15) is 5.75 Å². The smallest absolute Gasteiger partial charge is 0.316 e. The summed E-state index contributed by atoms with van der Waals surface area (Å²) in [5.41, 5.74) is -0.551. The number of carboxylic acid groups (broad SMARTS) is 1. The van der Waals surface area contributed by atoms with Gasteiger partial charge in [0.2, 0.25) is 0 Å².